The molecule has 1 amide bonds. The van der Waals surface area contributed by atoms with E-state index in [2.05, 4.69) is 0 Å². The van der Waals surface area contributed by atoms with E-state index in [9.17, 15) is 22.8 Å². The number of carbonyl (C=O) groups is 2. The van der Waals surface area contributed by atoms with Crippen LogP contribution < -0.4 is 5.32 Å². The van der Waals surface area contributed by atoms with Gasteiger partial charge in [-0.25, -0.2) is 0 Å². The summed E-state index contributed by atoms with van der Waals surface area (Å²) in [6.07, 6.45) is -4.87. The molecule has 0 aromatic carbocycles. The summed E-state index contributed by atoms with van der Waals surface area (Å²) >= 11 is 0. The van der Waals surface area contributed by atoms with Crippen molar-refractivity contribution in [3.63, 3.8) is 0 Å². The number of ketones is 1. The van der Waals surface area contributed by atoms with Gasteiger partial charge in [0.15, 0.2) is 0 Å². The van der Waals surface area contributed by atoms with Gasteiger partial charge < -0.3 is 5.32 Å². The predicted molar refractivity (Wildman–Crippen MR) is 38.9 cm³/mol. The Morgan fingerprint density at radius 1 is 1.31 bits per heavy atom. The molecule has 13 heavy (non-hydrogen) atoms. The van der Waals surface area contributed by atoms with Gasteiger partial charge in [-0.3, -0.25) is 9.59 Å². The summed E-state index contributed by atoms with van der Waals surface area (Å²) in [5.74, 6) is -2.94. The second-order valence-corrected chi connectivity index (χ2v) is 2.79. The highest BCUT2D eigenvalue weighted by Crippen LogP contribution is 2.14. The zero-order valence-electron chi connectivity index (χ0n) is 7.23. The molecule has 0 bridgehead atoms. The number of alkyl halides is 3. The lowest BCUT2D eigenvalue weighted by atomic mass is 10.2. The fraction of sp³-hybridized carbons (Fsp3) is 0.714. The molecule has 1 N–H and O–H groups in total. The van der Waals surface area contributed by atoms with Crippen LogP contribution in [0.4, 0.5) is 13.2 Å². The summed E-state index contributed by atoms with van der Waals surface area (Å²) in [6, 6.07) is 0. The first-order valence-electron chi connectivity index (χ1n) is 3.63. The Hall–Kier alpha value is -1.07. The third kappa shape index (κ3) is 4.49. The van der Waals surface area contributed by atoms with E-state index in [1.54, 1.807) is 0 Å². The van der Waals surface area contributed by atoms with Crippen LogP contribution in [-0.2, 0) is 9.59 Å². The van der Waals surface area contributed by atoms with E-state index in [0.717, 1.165) is 0 Å². The van der Waals surface area contributed by atoms with Crippen LogP contribution >= 0.6 is 0 Å². The highest BCUT2D eigenvalue weighted by molar-refractivity contribution is 5.90. The molecule has 76 valence electrons. The first kappa shape index (κ1) is 11.9. The molecule has 0 heterocycles. The van der Waals surface area contributed by atoms with Crippen LogP contribution in [-0.4, -0.2) is 24.4 Å². The van der Waals surface area contributed by atoms with Crippen molar-refractivity contribution in [1.82, 2.24) is 5.32 Å². The summed E-state index contributed by atoms with van der Waals surface area (Å²) in [5.41, 5.74) is 0. The van der Waals surface area contributed by atoms with Crippen molar-refractivity contribution in [1.29, 1.82) is 0 Å². The molecule has 0 unspecified atom stereocenters. The second-order valence-electron chi connectivity index (χ2n) is 2.79. The number of amides is 1. The normalized spacial score (nSPS) is 11.5. The van der Waals surface area contributed by atoms with Crippen LogP contribution in [0.25, 0.3) is 0 Å². The number of rotatable bonds is 3. The molecule has 0 fully saturated rings. The van der Waals surface area contributed by atoms with Gasteiger partial charge in [-0.05, 0) is 0 Å². The molecule has 0 aliphatic rings. The first-order chi connectivity index (χ1) is 5.75. The van der Waals surface area contributed by atoms with E-state index < -0.39 is 30.3 Å². The minimum atomic E-state index is -4.87. The van der Waals surface area contributed by atoms with Crippen LogP contribution in [0.2, 0.25) is 0 Å². The summed E-state index contributed by atoms with van der Waals surface area (Å²) in [7, 11) is 0. The third-order valence-electron chi connectivity index (χ3n) is 1.26. The molecule has 3 nitrogen and oxygen atoms in total. The quantitative estimate of drug-likeness (QED) is 0.730. The summed E-state index contributed by atoms with van der Waals surface area (Å²) < 4.78 is 34.8. The van der Waals surface area contributed by atoms with E-state index in [1.165, 1.54) is 13.8 Å². The van der Waals surface area contributed by atoms with Gasteiger partial charge in [0.25, 0.3) is 5.78 Å². The van der Waals surface area contributed by atoms with Crippen molar-refractivity contribution >= 4 is 11.7 Å². The Balaban J connectivity index is 3.92. The molecule has 0 saturated heterocycles. The van der Waals surface area contributed by atoms with Gasteiger partial charge in [-0.1, -0.05) is 13.8 Å². The Kier molecular flexibility index (Phi) is 3.90. The molecule has 6 heteroatoms. The van der Waals surface area contributed by atoms with Gasteiger partial charge in [0.05, 0.1) is 6.54 Å². The SMILES string of the molecule is CC(C)C(=O)NCC(=O)C(F)(F)F. The first-order valence-corrected chi connectivity index (χ1v) is 3.63. The van der Waals surface area contributed by atoms with Gasteiger partial charge >= 0.3 is 6.18 Å². The lowest BCUT2D eigenvalue weighted by Gasteiger charge is -2.08. The molecular formula is C7H10F3NO2. The van der Waals surface area contributed by atoms with Crippen molar-refractivity contribution < 1.29 is 22.8 Å². The van der Waals surface area contributed by atoms with Crippen LogP contribution in [0.1, 0.15) is 13.8 Å². The largest absolute Gasteiger partial charge is 0.451 e. The number of nitrogens with one attached hydrogen (secondary N) is 1. The molecular weight excluding hydrogens is 187 g/mol. The zero-order valence-corrected chi connectivity index (χ0v) is 7.23. The molecule has 0 saturated carbocycles. The average molecular weight is 197 g/mol. The van der Waals surface area contributed by atoms with Gasteiger partial charge in [0, 0.05) is 5.92 Å². The molecule has 0 spiro atoms. The molecule has 0 aromatic heterocycles. The van der Waals surface area contributed by atoms with Crippen molar-refractivity contribution in [3.05, 3.63) is 0 Å². The van der Waals surface area contributed by atoms with E-state index >= 15 is 0 Å². The highest BCUT2D eigenvalue weighted by atomic mass is 19.4. The average Bonchev–Trinajstić information content (AvgIpc) is 1.97. The number of carbonyl (C=O) groups excluding carboxylic acids is 2. The van der Waals surface area contributed by atoms with E-state index in [4.69, 9.17) is 0 Å². The molecule has 0 aliphatic carbocycles. The zero-order chi connectivity index (χ0) is 10.6. The molecule has 0 rings (SSSR count). The highest BCUT2D eigenvalue weighted by Gasteiger charge is 2.37. The van der Waals surface area contributed by atoms with Crippen LogP contribution in [0.15, 0.2) is 0 Å². The number of hydrogen-bond acceptors (Lipinski definition) is 2. The maximum Gasteiger partial charge on any atom is 0.451 e. The lowest BCUT2D eigenvalue weighted by molar-refractivity contribution is -0.170. The van der Waals surface area contributed by atoms with Crippen molar-refractivity contribution in [2.24, 2.45) is 5.92 Å². The summed E-state index contributed by atoms with van der Waals surface area (Å²) in [6.45, 7) is 2.06. The predicted octanol–water partition coefficient (Wildman–Crippen LogP) is 0.890. The minimum absolute atomic E-state index is 0.430. The van der Waals surface area contributed by atoms with Crippen LogP contribution in [0, 0.1) is 5.92 Å². The third-order valence-corrected chi connectivity index (χ3v) is 1.26. The summed E-state index contributed by atoms with van der Waals surface area (Å²) in [4.78, 5) is 21.0. The Bertz CT molecular complexity index is 210. The standard InChI is InChI=1S/C7H10F3NO2/c1-4(2)6(13)11-3-5(12)7(8,9)10/h4H,3H2,1-2H3,(H,11,13). The van der Waals surface area contributed by atoms with E-state index in [0.29, 0.717) is 0 Å². The topological polar surface area (TPSA) is 46.2 Å². The Labute approximate surface area is 73.3 Å². The van der Waals surface area contributed by atoms with Gasteiger partial charge in [-0.15, -0.1) is 0 Å². The van der Waals surface area contributed by atoms with Crippen LogP contribution in [0.5, 0.6) is 0 Å². The second kappa shape index (κ2) is 4.25. The fourth-order valence-corrected chi connectivity index (χ4v) is 0.472. The molecule has 0 aromatic rings. The van der Waals surface area contributed by atoms with Crippen molar-refractivity contribution in [3.8, 4) is 0 Å². The van der Waals surface area contributed by atoms with Crippen LogP contribution in [0.3, 0.4) is 0 Å². The minimum Gasteiger partial charge on any atom is -0.348 e. The van der Waals surface area contributed by atoms with Crippen molar-refractivity contribution in [2.45, 2.75) is 20.0 Å². The van der Waals surface area contributed by atoms with Crippen molar-refractivity contribution in [2.75, 3.05) is 6.54 Å². The van der Waals surface area contributed by atoms with E-state index in [-0.39, 0.29) is 0 Å². The molecule has 0 atom stereocenters. The smallest absolute Gasteiger partial charge is 0.348 e. The number of halogens is 3. The van der Waals surface area contributed by atoms with Gasteiger partial charge in [0.2, 0.25) is 5.91 Å². The number of hydrogen-bond donors (Lipinski definition) is 1. The molecule has 0 aliphatic heterocycles. The molecule has 0 radical (unpaired) electrons. The van der Waals surface area contributed by atoms with E-state index in [1.807, 2.05) is 5.32 Å². The number of Topliss-reactive ketones (excluding diaryl/α,β-unsaturated/α-hetero) is 1. The maximum absolute atomic E-state index is 11.6. The summed E-state index contributed by atoms with van der Waals surface area (Å²) in [5, 5.41) is 1.88. The maximum atomic E-state index is 11.6. The fourth-order valence-electron chi connectivity index (χ4n) is 0.472. The Morgan fingerprint density at radius 3 is 2.08 bits per heavy atom. The Morgan fingerprint density at radius 2 is 1.77 bits per heavy atom. The lowest BCUT2D eigenvalue weighted by Crippen LogP contribution is -2.38. The van der Waals surface area contributed by atoms with Gasteiger partial charge in [-0.2, -0.15) is 13.2 Å². The monoisotopic (exact) mass is 197 g/mol. The van der Waals surface area contributed by atoms with Gasteiger partial charge in [0.1, 0.15) is 0 Å².